The maximum absolute atomic E-state index is 6.47. The standard InChI is InChI=1S/C45H27N3O2.C27H18ClN3.C24H21BO4.CH4.B/c1-3-9-28(10-4-1)30-15-19-32(20-16-30)43-46-44(33-21-17-31(18-22-33)29-11-5-2-6-12-29)48-45(47-43)34-23-24-36-40(27-34)50-39-26-25-38-41(42(36)39)35-13-7-8-14-37(35)49-38;28-27-30-25(23-15-11-21(12-16-23)19-7-3-1-4-8-19)29-26(31-27)24-17-13-22(14-18-24)20-9-5-2-6-10-20;1-23(2)24(3,4)29-25(28-23)14-9-10-16-20(13-14)27-19-12-11-18-21(22(16)19)15-7-5-6-8-17(15)26-18;;/h1-27H;1-18H;5-13H,1-4H3;1H4;. The molecule has 0 atom stereocenters. The van der Waals surface area contributed by atoms with Crippen LogP contribution in [0.4, 0.5) is 0 Å². The van der Waals surface area contributed by atoms with Gasteiger partial charge in [0, 0.05) is 79.3 Å². The van der Waals surface area contributed by atoms with E-state index in [1.807, 2.05) is 146 Å². The molecule has 537 valence electrons. The van der Waals surface area contributed by atoms with Gasteiger partial charge in [-0.15, -0.1) is 0 Å². The Morgan fingerprint density at radius 3 is 0.839 bits per heavy atom. The Morgan fingerprint density at radius 1 is 0.241 bits per heavy atom. The molecule has 0 bridgehead atoms. The Kier molecular flexibility index (Phi) is 18.9. The molecule has 3 radical (unpaired) electrons. The molecule has 0 N–H and O–H groups in total. The summed E-state index contributed by atoms with van der Waals surface area (Å²) in [6, 6.07) is 111. The number of nitrogens with zero attached hydrogens (tertiary/aromatic N) is 6. The molecule has 112 heavy (non-hydrogen) atoms. The zero-order valence-corrected chi connectivity index (χ0v) is 61.6. The van der Waals surface area contributed by atoms with Crippen LogP contribution in [0.1, 0.15) is 35.1 Å². The van der Waals surface area contributed by atoms with Gasteiger partial charge < -0.3 is 27.0 Å². The van der Waals surface area contributed by atoms with Crippen molar-refractivity contribution in [2.24, 2.45) is 0 Å². The minimum Gasteiger partial charge on any atom is -0.456 e. The summed E-state index contributed by atoms with van der Waals surface area (Å²) in [5.74, 6) is 2.90. The zero-order chi connectivity index (χ0) is 74.0. The molecule has 0 aliphatic carbocycles. The Bertz CT molecular complexity index is 6620. The third-order valence-corrected chi connectivity index (χ3v) is 21.2. The number of aromatic nitrogens is 6. The molecule has 6 aromatic heterocycles. The summed E-state index contributed by atoms with van der Waals surface area (Å²) in [4.78, 5) is 28.4. The van der Waals surface area contributed by atoms with Gasteiger partial charge >= 0.3 is 7.12 Å². The number of furan rings is 4. The highest BCUT2D eigenvalue weighted by Crippen LogP contribution is 2.44. The number of fused-ring (bicyclic) bond motifs is 14. The highest BCUT2D eigenvalue weighted by Gasteiger charge is 2.52. The van der Waals surface area contributed by atoms with Gasteiger partial charge in [-0.05, 0) is 144 Å². The first-order valence-electron chi connectivity index (χ1n) is 36.6. The van der Waals surface area contributed by atoms with Crippen molar-refractivity contribution in [1.29, 1.82) is 0 Å². The first kappa shape index (κ1) is 71.6. The Morgan fingerprint density at radius 2 is 0.491 bits per heavy atom. The molecule has 0 saturated carbocycles. The lowest BCUT2D eigenvalue weighted by molar-refractivity contribution is 0.00578. The van der Waals surface area contributed by atoms with Gasteiger partial charge in [-0.3, -0.25) is 0 Å². The van der Waals surface area contributed by atoms with Gasteiger partial charge in [0.25, 0.3) is 0 Å². The summed E-state index contributed by atoms with van der Waals surface area (Å²) < 4.78 is 37.3. The van der Waals surface area contributed by atoms with Crippen molar-refractivity contribution in [2.75, 3.05) is 0 Å². The van der Waals surface area contributed by atoms with Crippen LogP contribution in [0.5, 0.6) is 0 Å². The lowest BCUT2D eigenvalue weighted by atomic mass is 9.79. The minimum absolute atomic E-state index is 0. The number of rotatable bonds is 10. The van der Waals surface area contributed by atoms with E-state index in [4.69, 9.17) is 53.5 Å². The molecule has 7 heterocycles. The number of hydrogen-bond donors (Lipinski definition) is 0. The van der Waals surface area contributed by atoms with Crippen LogP contribution in [0.15, 0.2) is 345 Å². The van der Waals surface area contributed by atoms with Gasteiger partial charge in [0.15, 0.2) is 29.1 Å². The van der Waals surface area contributed by atoms with Gasteiger partial charge in [-0.25, -0.2) is 19.9 Å². The number of benzene rings is 14. The summed E-state index contributed by atoms with van der Waals surface area (Å²) in [6.45, 7) is 8.25. The van der Waals surface area contributed by atoms with Crippen LogP contribution >= 0.6 is 11.6 Å². The van der Waals surface area contributed by atoms with E-state index in [-0.39, 0.29) is 32.3 Å². The molecule has 1 fully saturated rings. The third kappa shape index (κ3) is 13.5. The zero-order valence-electron chi connectivity index (χ0n) is 60.8. The van der Waals surface area contributed by atoms with Gasteiger partial charge in [0.05, 0.1) is 11.2 Å². The van der Waals surface area contributed by atoms with E-state index in [0.717, 1.165) is 154 Å². The molecule has 1 aliphatic rings. The fraction of sp³-hybridized carbons (Fsp3) is 0.0722. The molecule has 14 aromatic carbocycles. The molecule has 1 aliphatic heterocycles. The average Bonchev–Trinajstić information content (AvgIpc) is 1.58. The summed E-state index contributed by atoms with van der Waals surface area (Å²) in [5.41, 5.74) is 20.6. The lowest BCUT2D eigenvalue weighted by Gasteiger charge is -2.32. The Labute approximate surface area is 653 Å². The topological polar surface area (TPSA) is 148 Å². The molecule has 0 amide bonds. The van der Waals surface area contributed by atoms with Crippen LogP contribution in [0.2, 0.25) is 5.28 Å². The van der Waals surface area contributed by atoms with E-state index < -0.39 is 7.12 Å². The molecule has 0 spiro atoms. The number of halogens is 1. The van der Waals surface area contributed by atoms with E-state index in [1.54, 1.807) is 0 Å². The van der Waals surface area contributed by atoms with Crippen molar-refractivity contribution in [3.63, 3.8) is 0 Å². The van der Waals surface area contributed by atoms with Crippen molar-refractivity contribution in [3.8, 4) is 101 Å². The average molecular weight is 1470 g/mol. The maximum Gasteiger partial charge on any atom is 0.494 e. The summed E-state index contributed by atoms with van der Waals surface area (Å²) >= 11 is 6.24. The monoisotopic (exact) mass is 1470 g/mol. The van der Waals surface area contributed by atoms with Crippen molar-refractivity contribution in [2.45, 2.75) is 46.3 Å². The summed E-state index contributed by atoms with van der Waals surface area (Å²) in [6.07, 6.45) is 0. The number of para-hydroxylation sites is 2. The van der Waals surface area contributed by atoms with Gasteiger partial charge in [-0.1, -0.05) is 280 Å². The number of hydrogen-bond acceptors (Lipinski definition) is 12. The quantitative estimate of drug-likeness (QED) is 0.120. The van der Waals surface area contributed by atoms with E-state index in [0.29, 0.717) is 29.1 Å². The second-order valence-corrected chi connectivity index (χ2v) is 28.7. The highest BCUT2D eigenvalue weighted by atomic mass is 35.5. The van der Waals surface area contributed by atoms with Crippen molar-refractivity contribution in [1.82, 2.24) is 29.9 Å². The molecule has 0 unspecified atom stereocenters. The molecular formula is C97H70B2ClN6O6. The van der Waals surface area contributed by atoms with E-state index in [2.05, 4.69) is 225 Å². The SMILES string of the molecule is C.CC1(C)OB(c2ccc3c(c2)oc2ccc4oc5ccccc5c4c23)OC1(C)C.Clc1nc(-c2ccc(-c3ccccc3)cc2)nc(-c2ccc(-c3ccccc3)cc2)n1.[B].c1ccc(-c2ccc(-c3nc(-c4ccc(-c5ccccc5)cc4)nc(-c4ccc5c(c4)oc4ccc6oc7ccccc7c6c45)n3)cc2)cc1. The largest absolute Gasteiger partial charge is 0.494 e. The van der Waals surface area contributed by atoms with E-state index in [1.165, 1.54) is 11.1 Å². The smallest absolute Gasteiger partial charge is 0.456 e. The van der Waals surface area contributed by atoms with Gasteiger partial charge in [0.2, 0.25) is 5.28 Å². The molecule has 20 aromatic rings. The predicted octanol–water partition coefficient (Wildman–Crippen LogP) is 25.2. The van der Waals surface area contributed by atoms with E-state index in [9.17, 15) is 0 Å². The van der Waals surface area contributed by atoms with Gasteiger partial charge in [0.1, 0.15) is 44.7 Å². The molecule has 12 nitrogen and oxygen atoms in total. The third-order valence-electron chi connectivity index (χ3n) is 21.0. The molecule has 1 saturated heterocycles. The fourth-order valence-corrected chi connectivity index (χ4v) is 14.7. The lowest BCUT2D eigenvalue weighted by Crippen LogP contribution is -2.41. The van der Waals surface area contributed by atoms with Gasteiger partial charge in [-0.2, -0.15) is 9.97 Å². The summed E-state index contributed by atoms with van der Waals surface area (Å²) in [5, 5.41) is 8.73. The highest BCUT2D eigenvalue weighted by molar-refractivity contribution is 6.62. The molecule has 15 heteroatoms. The molecule has 21 rings (SSSR count). The van der Waals surface area contributed by atoms with Crippen LogP contribution in [0.25, 0.3) is 189 Å². The van der Waals surface area contributed by atoms with Crippen LogP contribution in [0, 0.1) is 0 Å². The fourth-order valence-electron chi connectivity index (χ4n) is 14.6. The first-order valence-corrected chi connectivity index (χ1v) is 36.9. The van der Waals surface area contributed by atoms with Crippen molar-refractivity contribution in [3.05, 3.63) is 333 Å². The van der Waals surface area contributed by atoms with E-state index >= 15 is 0 Å². The second-order valence-electron chi connectivity index (χ2n) is 28.4. The minimum atomic E-state index is -0.410. The maximum atomic E-state index is 6.47. The first-order chi connectivity index (χ1) is 53.8. The predicted molar refractivity (Wildman–Crippen MR) is 457 cm³/mol. The van der Waals surface area contributed by atoms with Crippen molar-refractivity contribution < 1.29 is 27.0 Å². The normalized spacial score (nSPS) is 13.0. The van der Waals surface area contributed by atoms with Crippen LogP contribution < -0.4 is 5.46 Å². The summed E-state index contributed by atoms with van der Waals surface area (Å²) in [7, 11) is -0.410. The Balaban J connectivity index is 0.000000128. The van der Waals surface area contributed by atoms with Crippen LogP contribution in [-0.2, 0) is 9.31 Å². The Hall–Kier alpha value is -13.4. The van der Waals surface area contributed by atoms with Crippen LogP contribution in [-0.4, -0.2) is 56.6 Å². The second kappa shape index (κ2) is 29.6. The molecular weight excluding hydrogens is 1400 g/mol. The van der Waals surface area contributed by atoms with Crippen molar-refractivity contribution >= 4 is 120 Å². The van der Waals surface area contributed by atoms with Crippen LogP contribution in [0.3, 0.4) is 0 Å².